The fourth-order valence-electron chi connectivity index (χ4n) is 0.271. The Morgan fingerprint density at radius 2 is 1.90 bits per heavy atom. The van der Waals surface area contributed by atoms with E-state index in [1.165, 1.54) is 0 Å². The van der Waals surface area contributed by atoms with Crippen molar-refractivity contribution in [2.75, 3.05) is 21.1 Å². The van der Waals surface area contributed by atoms with E-state index in [0.717, 1.165) is 0 Å². The molecule has 0 fully saturated rings. The van der Waals surface area contributed by atoms with E-state index in [-0.39, 0.29) is 2.85 Å². The molecule has 0 aromatic carbocycles. The van der Waals surface area contributed by atoms with Gasteiger partial charge in [0.25, 0.3) is 0 Å². The zero-order valence-electron chi connectivity index (χ0n) is 6.26. The minimum absolute atomic E-state index is 0. The molecular formula is C5H15N3S2. The Labute approximate surface area is 74.7 Å². The third kappa shape index (κ3) is 3.58. The van der Waals surface area contributed by atoms with Crippen molar-refractivity contribution in [1.29, 1.82) is 0 Å². The molecule has 0 atom stereocenters. The van der Waals surface area contributed by atoms with Crippen molar-refractivity contribution in [1.82, 2.24) is 15.5 Å². The van der Waals surface area contributed by atoms with Gasteiger partial charge in [0.1, 0.15) is 0 Å². The van der Waals surface area contributed by atoms with Crippen LogP contribution in [-0.4, -0.2) is 36.3 Å². The van der Waals surface area contributed by atoms with E-state index >= 15 is 0 Å². The normalized spacial score (nSPS) is 8.30. The van der Waals surface area contributed by atoms with Crippen molar-refractivity contribution in [3.63, 3.8) is 0 Å². The van der Waals surface area contributed by atoms with Gasteiger partial charge in [0.2, 0.25) is 0 Å². The Kier molecular flexibility index (Phi) is 4.22. The van der Waals surface area contributed by atoms with Crippen LogP contribution < -0.4 is 10.6 Å². The van der Waals surface area contributed by atoms with E-state index in [1.54, 1.807) is 11.9 Å². The second kappa shape index (κ2) is 4.40. The van der Waals surface area contributed by atoms with Crippen molar-refractivity contribution in [3.8, 4) is 0 Å². The van der Waals surface area contributed by atoms with Crippen molar-refractivity contribution in [3.05, 3.63) is 0 Å². The largest absolute Gasteiger partial charge is 0.365 e. The van der Waals surface area contributed by atoms with Gasteiger partial charge in [0.05, 0.1) is 0 Å². The molecule has 2 N–H and O–H groups in total. The van der Waals surface area contributed by atoms with Crippen molar-refractivity contribution in [2.24, 2.45) is 0 Å². The van der Waals surface area contributed by atoms with Gasteiger partial charge in [-0.3, -0.25) is 0 Å². The molecule has 5 heteroatoms. The summed E-state index contributed by atoms with van der Waals surface area (Å²) in [5.41, 5.74) is 0. The fraction of sp³-hybridized carbons (Fsp3) is 0.600. The summed E-state index contributed by atoms with van der Waals surface area (Å²) in [5, 5.41) is 6.71. The van der Waals surface area contributed by atoms with E-state index < -0.39 is 0 Å². The van der Waals surface area contributed by atoms with E-state index in [9.17, 15) is 0 Å². The minimum Gasteiger partial charge on any atom is -0.365 e. The van der Waals surface area contributed by atoms with Crippen LogP contribution in [0.2, 0.25) is 0 Å². The number of hydrogen-bond acceptors (Lipinski definition) is 2. The summed E-state index contributed by atoms with van der Waals surface area (Å²) in [7, 11) is 5.45. The van der Waals surface area contributed by atoms with E-state index in [2.05, 4.69) is 10.6 Å². The molecule has 0 radical (unpaired) electrons. The van der Waals surface area contributed by atoms with Gasteiger partial charge in [0, 0.05) is 24.0 Å². The van der Waals surface area contributed by atoms with Crippen LogP contribution in [0.5, 0.6) is 0 Å². The molecule has 0 unspecified atom stereocenters. The standard InChI is InChI=1S/C5H11N3S2.2H2/c1-6-4(9)7-5(10)8(2)3;;/h1-3H3,(H2,6,7,9,10);2*1H. The molecule has 0 aliphatic rings. The van der Waals surface area contributed by atoms with Crippen LogP contribution >= 0.6 is 24.4 Å². The first-order chi connectivity index (χ1) is 4.57. The maximum Gasteiger partial charge on any atom is 0.174 e. The summed E-state index contributed by atoms with van der Waals surface area (Å²) < 4.78 is 0. The predicted octanol–water partition coefficient (Wildman–Crippen LogP) is 0.419. The van der Waals surface area contributed by atoms with Crippen LogP contribution in [0.25, 0.3) is 0 Å². The topological polar surface area (TPSA) is 27.3 Å². The van der Waals surface area contributed by atoms with Gasteiger partial charge in [-0.2, -0.15) is 0 Å². The first-order valence-electron chi connectivity index (χ1n) is 2.78. The monoisotopic (exact) mass is 181 g/mol. The Hall–Kier alpha value is -0.420. The van der Waals surface area contributed by atoms with Crippen LogP contribution in [-0.2, 0) is 0 Å². The fourth-order valence-corrected chi connectivity index (χ4v) is 0.535. The van der Waals surface area contributed by atoms with Crippen molar-refractivity contribution < 1.29 is 2.85 Å². The molecule has 0 aromatic rings. The summed E-state index contributed by atoms with van der Waals surface area (Å²) in [4.78, 5) is 1.78. The maximum atomic E-state index is 4.91. The minimum atomic E-state index is 0. The van der Waals surface area contributed by atoms with Crippen LogP contribution in [0.1, 0.15) is 2.85 Å². The Morgan fingerprint density at radius 1 is 1.40 bits per heavy atom. The first kappa shape index (κ1) is 9.58. The lowest BCUT2D eigenvalue weighted by Crippen LogP contribution is -2.42. The lowest BCUT2D eigenvalue weighted by Gasteiger charge is -2.15. The number of hydrogen-bond donors (Lipinski definition) is 2. The highest BCUT2D eigenvalue weighted by molar-refractivity contribution is 7.81. The Bertz CT molecular complexity index is 152. The lowest BCUT2D eigenvalue weighted by molar-refractivity contribution is 0.619. The highest BCUT2D eigenvalue weighted by atomic mass is 32.1. The lowest BCUT2D eigenvalue weighted by atomic mass is 10.8. The summed E-state index contributed by atoms with van der Waals surface area (Å²) in [6, 6.07) is 0. The van der Waals surface area contributed by atoms with Gasteiger partial charge in [-0.25, -0.2) is 0 Å². The Balaban J connectivity index is -0.000000405. The van der Waals surface area contributed by atoms with Crippen LogP contribution in [0.15, 0.2) is 0 Å². The third-order valence-corrected chi connectivity index (χ3v) is 1.63. The van der Waals surface area contributed by atoms with Crippen LogP contribution in [0.3, 0.4) is 0 Å². The molecule has 10 heavy (non-hydrogen) atoms. The molecule has 0 saturated heterocycles. The molecule has 0 aliphatic heterocycles. The van der Waals surface area contributed by atoms with Gasteiger partial charge >= 0.3 is 0 Å². The number of nitrogens with one attached hydrogen (secondary N) is 2. The summed E-state index contributed by atoms with van der Waals surface area (Å²) in [5.74, 6) is 0. The molecule has 0 aliphatic carbocycles. The smallest absolute Gasteiger partial charge is 0.174 e. The SMILES string of the molecule is CNC(=S)NC(=S)N(C)C.[HH].[HH]. The average Bonchev–Trinajstić information content (AvgIpc) is 1.87. The van der Waals surface area contributed by atoms with Gasteiger partial charge in [0.15, 0.2) is 10.2 Å². The number of rotatable bonds is 0. The Morgan fingerprint density at radius 3 is 2.20 bits per heavy atom. The van der Waals surface area contributed by atoms with Crippen LogP contribution in [0, 0.1) is 0 Å². The van der Waals surface area contributed by atoms with E-state index in [4.69, 9.17) is 24.4 Å². The van der Waals surface area contributed by atoms with E-state index in [0.29, 0.717) is 10.2 Å². The molecule has 0 spiro atoms. The average molecular weight is 181 g/mol. The summed E-state index contributed by atoms with van der Waals surface area (Å²) >= 11 is 9.72. The molecule has 0 heterocycles. The maximum absolute atomic E-state index is 4.91. The molecule has 0 saturated carbocycles. The van der Waals surface area contributed by atoms with Gasteiger partial charge in [-0.1, -0.05) is 0 Å². The molecule has 0 rings (SSSR count). The molecule has 62 valence electrons. The molecule has 3 nitrogen and oxygen atoms in total. The summed E-state index contributed by atoms with van der Waals surface area (Å²) in [6.07, 6.45) is 0. The van der Waals surface area contributed by atoms with Crippen molar-refractivity contribution in [2.45, 2.75) is 0 Å². The highest BCUT2D eigenvalue weighted by Crippen LogP contribution is 1.77. The highest BCUT2D eigenvalue weighted by Gasteiger charge is 1.97. The second-order valence-corrected chi connectivity index (χ2v) is 2.70. The zero-order chi connectivity index (χ0) is 8.15. The second-order valence-electron chi connectivity index (χ2n) is 1.90. The van der Waals surface area contributed by atoms with Crippen LogP contribution in [0.4, 0.5) is 0 Å². The molecule has 0 bridgehead atoms. The van der Waals surface area contributed by atoms with Gasteiger partial charge in [-0.15, -0.1) is 0 Å². The van der Waals surface area contributed by atoms with Gasteiger partial charge in [-0.05, 0) is 24.4 Å². The predicted molar refractivity (Wildman–Crippen MR) is 55.3 cm³/mol. The third-order valence-electron chi connectivity index (χ3n) is 0.854. The van der Waals surface area contributed by atoms with E-state index in [1.807, 2.05) is 14.1 Å². The number of thiocarbonyl (C=S) groups is 2. The molecule has 0 aromatic heterocycles. The number of nitrogens with zero attached hydrogens (tertiary/aromatic N) is 1. The molecular weight excluding hydrogens is 166 g/mol. The quantitative estimate of drug-likeness (QED) is 0.528. The van der Waals surface area contributed by atoms with Crippen molar-refractivity contribution >= 4 is 34.7 Å². The summed E-state index contributed by atoms with van der Waals surface area (Å²) in [6.45, 7) is 0. The zero-order valence-corrected chi connectivity index (χ0v) is 7.90. The van der Waals surface area contributed by atoms with Gasteiger partial charge < -0.3 is 15.5 Å². The first-order valence-corrected chi connectivity index (χ1v) is 3.59. The molecule has 0 amide bonds.